The number of halogens is 4. The third-order valence-corrected chi connectivity index (χ3v) is 21.5. The van der Waals surface area contributed by atoms with Crippen LogP contribution in [0.5, 0.6) is 0 Å². The van der Waals surface area contributed by atoms with Crippen molar-refractivity contribution in [2.75, 3.05) is 0 Å². The van der Waals surface area contributed by atoms with Gasteiger partial charge in [-0.2, -0.15) is 0 Å². The zero-order chi connectivity index (χ0) is 65.6. The lowest BCUT2D eigenvalue weighted by Gasteiger charge is -2.52. The molecule has 0 aliphatic heterocycles. The maximum absolute atomic E-state index is 6.24. The summed E-state index contributed by atoms with van der Waals surface area (Å²) >= 11 is 11.9. The van der Waals surface area contributed by atoms with E-state index in [9.17, 15) is 0 Å². The number of hydrogen-bond acceptors (Lipinski definition) is 0. The maximum atomic E-state index is 6.24. The normalized spacial score (nSPS) is 11.9. The van der Waals surface area contributed by atoms with Gasteiger partial charge in [0.15, 0.2) is 0 Å². The molecule has 0 saturated heterocycles. The molecule has 0 fully saturated rings. The fourth-order valence-electron chi connectivity index (χ4n) is 12.2. The van der Waals surface area contributed by atoms with Gasteiger partial charge in [-0.25, -0.2) is 0 Å². The Labute approximate surface area is 612 Å². The van der Waals surface area contributed by atoms with Crippen LogP contribution in [0.15, 0.2) is 16.1 Å². The van der Waals surface area contributed by atoms with Crippen molar-refractivity contribution in [3.63, 3.8) is 0 Å². The van der Waals surface area contributed by atoms with Gasteiger partial charge in [-0.05, 0) is 104 Å². The molecule has 0 N–H and O–H groups in total. The molecule has 2 aliphatic rings. The van der Waals surface area contributed by atoms with E-state index in [2.05, 4.69) is 77.0 Å². The maximum Gasteiger partial charge on any atom is 0.00518 e. The second-order valence-corrected chi connectivity index (χ2v) is 26.6. The first-order valence-electron chi connectivity index (χ1n) is 27.3. The van der Waals surface area contributed by atoms with Crippen LogP contribution in [0.1, 0.15) is 51.4 Å². The van der Waals surface area contributed by atoms with Gasteiger partial charge in [0, 0.05) is 485 Å². The van der Waals surface area contributed by atoms with Gasteiger partial charge >= 0.3 is 0 Å². The van der Waals surface area contributed by atoms with Crippen LogP contribution in [-0.2, 0) is 0 Å². The van der Waals surface area contributed by atoms with Crippen LogP contribution in [-0.4, -0.2) is 476 Å². The Morgan fingerprint density at radius 2 is 0.386 bits per heavy atom. The molecule has 0 atom stereocenters. The Morgan fingerprint density at radius 3 is 0.530 bits per heavy atom. The van der Waals surface area contributed by atoms with E-state index in [4.69, 9.17) is 271 Å². The molecule has 0 spiro atoms. The molecule has 0 unspecified atom stereocenters. The Hall–Kier alpha value is 6.25. The first-order chi connectivity index (χ1) is 38.0. The largest absolute Gasteiger partial charge is 0.0548 e. The van der Waals surface area contributed by atoms with Gasteiger partial charge < -0.3 is 0 Å². The highest BCUT2D eigenvalue weighted by molar-refractivity contribution is 14.1. The lowest BCUT2D eigenvalue weighted by Crippen LogP contribution is -2.90. The molecule has 83 heavy (non-hydrogen) atoms. The van der Waals surface area contributed by atoms with Gasteiger partial charge in [0.2, 0.25) is 0 Å². The highest BCUT2D eigenvalue weighted by Gasteiger charge is 2.56. The fraction of sp³-hybridized carbons (Fsp3) is 0.667. The number of rotatable bonds is 30. The Balaban J connectivity index is 0. The van der Waals surface area contributed by atoms with Crippen LogP contribution >= 0.6 is 77.0 Å². The Bertz CT molecular complexity index is 1600. The number of allylic oxidation sites excluding steroid dienone is 4. The van der Waals surface area contributed by atoms with E-state index < -0.39 is 198 Å². The first kappa shape index (κ1) is 91.3. The van der Waals surface area contributed by atoms with Crippen LogP contribution in [0.3, 0.4) is 0 Å². The summed E-state index contributed by atoms with van der Waals surface area (Å²) in [7, 11) is 215. The molecular formula is C12H16B67Br2I2. The summed E-state index contributed by atoms with van der Waals surface area (Å²) in [5.41, 5.74) is 0. The highest BCUT2D eigenvalue weighted by atomic mass is 127. The summed E-state index contributed by atoms with van der Waals surface area (Å²) in [6, 6.07) is 0. The van der Waals surface area contributed by atoms with Gasteiger partial charge in [-0.15, -0.1) is 0 Å². The molecule has 293 valence electrons. The van der Waals surface area contributed by atoms with Gasteiger partial charge in [0.05, 0.1) is 0 Å². The highest BCUT2D eigenvalue weighted by Crippen LogP contribution is 2.33. The second-order valence-electron chi connectivity index (χ2n) is 22.1. The van der Waals surface area contributed by atoms with E-state index in [-0.39, 0.29) is 0 Å². The molecule has 0 nitrogen and oxygen atoms in total. The molecule has 71 radical (unpaired) electrons. The van der Waals surface area contributed by atoms with Crippen LogP contribution in [0.2, 0.25) is 0 Å². The van der Waals surface area contributed by atoms with Crippen LogP contribution < -0.4 is 0 Å². The lowest BCUT2D eigenvalue weighted by molar-refractivity contribution is 0.720. The molecule has 0 aromatic carbocycles. The molecule has 0 bridgehead atoms. The van der Waals surface area contributed by atoms with Crippen LogP contribution in [0, 0.1) is 0 Å². The third-order valence-electron chi connectivity index (χ3n) is 15.8. The topological polar surface area (TPSA) is 0 Å². The summed E-state index contributed by atoms with van der Waals surface area (Å²) in [5, 5.41) is 0. The average molecular weight is 1300 g/mol. The quantitative estimate of drug-likeness (QED) is 0.0497. The van der Waals surface area contributed by atoms with Crippen LogP contribution in [0.4, 0.5) is 0 Å². The van der Waals surface area contributed by atoms with E-state index in [1.807, 2.05) is 0 Å². The zero-order valence-electron chi connectivity index (χ0n) is 47.9. The summed E-state index contributed by atoms with van der Waals surface area (Å²) in [6.07, 6.45) is -20.9. The minimum Gasteiger partial charge on any atom is -0.0548 e. The minimum atomic E-state index is -1.16. The summed E-state index contributed by atoms with van der Waals surface area (Å²) in [4.78, 5) is 0. The monoisotopic (exact) mass is 1310 g/mol. The Kier molecular flexibility index (Phi) is 51.1. The third kappa shape index (κ3) is 30.7. The zero-order valence-corrected chi connectivity index (χ0v) is 55.3. The van der Waals surface area contributed by atoms with Crippen molar-refractivity contribution in [1.29, 1.82) is 0 Å². The van der Waals surface area contributed by atoms with Crippen molar-refractivity contribution in [2.24, 2.45) is 0 Å². The van der Waals surface area contributed by atoms with Crippen molar-refractivity contribution in [1.82, 2.24) is 0 Å². The molecule has 0 aromatic rings. The predicted molar refractivity (Wildman–Crippen MR) is 482 cm³/mol. The van der Waals surface area contributed by atoms with E-state index in [0.717, 1.165) is 0 Å². The van der Waals surface area contributed by atoms with Crippen molar-refractivity contribution in [3.8, 4) is 0 Å². The Morgan fingerprint density at radius 1 is 0.229 bits per heavy atom. The first-order valence-corrected chi connectivity index (χ1v) is 31.1. The lowest BCUT2D eigenvalue weighted by atomic mass is 8.29. The molecule has 71 heteroatoms. The summed E-state index contributed by atoms with van der Waals surface area (Å²) in [5.74, 6) is 0. The van der Waals surface area contributed by atoms with Crippen LogP contribution in [0.25, 0.3) is 0 Å². The summed E-state index contributed by atoms with van der Waals surface area (Å²) < 4.78 is 5.91. The predicted octanol–water partition coefficient (Wildman–Crippen LogP) is -18.3. The van der Waals surface area contributed by atoms with Crippen molar-refractivity contribution < 1.29 is 0 Å². The molecule has 2 aliphatic carbocycles. The van der Waals surface area contributed by atoms with Gasteiger partial charge in [-0.3, -0.25) is 0 Å². The van der Waals surface area contributed by atoms with E-state index >= 15 is 0 Å². The second kappa shape index (κ2) is 46.5. The van der Waals surface area contributed by atoms with Crippen molar-refractivity contribution in [2.45, 2.75) is 51.4 Å². The number of hydrogen-bond donors (Lipinski definition) is 0. The van der Waals surface area contributed by atoms with Crippen molar-refractivity contribution >= 4 is 553 Å². The van der Waals surface area contributed by atoms with Gasteiger partial charge in [0.1, 0.15) is 0 Å². The van der Waals surface area contributed by atoms with Gasteiger partial charge in [-0.1, -0.05) is 31.9 Å². The molecule has 2 rings (SSSR count). The van der Waals surface area contributed by atoms with Gasteiger partial charge in [0.25, 0.3) is 0 Å². The minimum absolute atomic E-state index is 0.787. The fourth-order valence-corrected chi connectivity index (χ4v) is 14.4. The van der Waals surface area contributed by atoms with E-state index in [1.165, 1.54) is 67.4 Å². The molecule has 0 amide bonds. The summed E-state index contributed by atoms with van der Waals surface area (Å²) in [6.45, 7) is 0. The average Bonchev–Trinajstić information content (AvgIpc) is 3.31. The molecule has 0 heterocycles. The van der Waals surface area contributed by atoms with E-state index in [0.29, 0.717) is 0 Å². The molecule has 0 aromatic heterocycles. The van der Waals surface area contributed by atoms with Crippen molar-refractivity contribution in [3.05, 3.63) is 16.1 Å². The smallest absolute Gasteiger partial charge is 0.00518 e. The molecular weight excluding hydrogens is 1280 g/mol. The standard InChI is InChI=1S/C6H8Br2.C6H8I2.B34.B33/c2*7-5-3-1-2-4-6(5)8;1-19(2)28(20(3)4)32(27(17)18)34(31(25(13)14)26(15)16)33(29(21(5)6)22(7)8)30(23(9)10)24(11)12;1-18-27(19(2)3)31(26(16)17)33(30(24(12)13)25(14)15)32(28(20(4)5)21(6)7)29(22(8)9)23(10)11/h2*1-4H2;;. The van der Waals surface area contributed by atoms with E-state index in [1.54, 1.807) is 7.16 Å². The molecule has 0 saturated carbocycles. The SMILES string of the molecule is BrC1=C(Br)CCCC1.IC1=C(I)CCCC1.[B]B([B])B(B([B])[B])B(B([B])[B])B(B(B([B])[B])B([B])[B])B(B(B([B])[B])B([B])[B])B(B([B])[B])B([B])[B].[B][B]B(B([B])[B])B(B([B])[B])B(B(B([B])[B])B([B])[B])B(B(B([B])[B])B([B])[B])B(B([B])[B])B([B])[B].